The first-order valence-corrected chi connectivity index (χ1v) is 3.20. The highest BCUT2D eigenvalue weighted by Crippen LogP contribution is 2.10. The average molecular weight is 188 g/mol. The van der Waals surface area contributed by atoms with Gasteiger partial charge in [0.25, 0.3) is 5.91 Å². The van der Waals surface area contributed by atoms with E-state index < -0.39 is 0 Å². The van der Waals surface area contributed by atoms with Crippen molar-refractivity contribution in [1.29, 1.82) is 0 Å². The minimum Gasteiger partial charge on any atom is -1.00 e. The van der Waals surface area contributed by atoms with Gasteiger partial charge in [-0.3, -0.25) is 4.79 Å². The lowest BCUT2D eigenvalue weighted by atomic mass is 10.4. The molecular formula is C7H10ClN3O. The second kappa shape index (κ2) is 4.04. The van der Waals surface area contributed by atoms with Crippen LogP contribution in [0.3, 0.4) is 0 Å². The molecule has 0 aromatic rings. The summed E-state index contributed by atoms with van der Waals surface area (Å²) in [6.45, 7) is 3.77. The molecule has 1 heterocycles. The predicted molar refractivity (Wildman–Crippen MR) is 42.2 cm³/mol. The highest BCUT2D eigenvalue weighted by atomic mass is 35.5. The van der Waals surface area contributed by atoms with E-state index in [-0.39, 0.29) is 29.3 Å². The van der Waals surface area contributed by atoms with E-state index >= 15 is 0 Å². The van der Waals surface area contributed by atoms with Gasteiger partial charge in [-0.15, -0.1) is 0 Å². The van der Waals surface area contributed by atoms with Crippen molar-refractivity contribution in [1.82, 2.24) is 0 Å². The number of hydrogen-bond donors (Lipinski definition) is 1. The molecule has 0 saturated heterocycles. The van der Waals surface area contributed by atoms with Crippen LogP contribution in [0.25, 0.3) is 0 Å². The molecule has 1 amide bonds. The molecular weight excluding hydrogens is 178 g/mol. The van der Waals surface area contributed by atoms with Gasteiger partial charge in [0.15, 0.2) is 12.9 Å². The third-order valence-corrected chi connectivity index (χ3v) is 1.48. The van der Waals surface area contributed by atoms with Crippen LogP contribution in [-0.2, 0) is 4.79 Å². The molecule has 1 aliphatic heterocycles. The molecule has 4 nitrogen and oxygen atoms in total. The summed E-state index contributed by atoms with van der Waals surface area (Å²) in [7, 11) is 0. The number of nitrogens with two attached hydrogens (primary N) is 1. The minimum atomic E-state index is -0.372. The molecule has 0 aromatic heterocycles. The van der Waals surface area contributed by atoms with Gasteiger partial charge < -0.3 is 18.1 Å². The maximum absolute atomic E-state index is 10.6. The van der Waals surface area contributed by atoms with Gasteiger partial charge in [0, 0.05) is 0 Å². The summed E-state index contributed by atoms with van der Waals surface area (Å²) >= 11 is 0. The fourth-order valence-electron chi connectivity index (χ4n) is 0.900. The largest absolute Gasteiger partial charge is 1.00 e. The third kappa shape index (κ3) is 2.18. The average Bonchev–Trinajstić information content (AvgIpc) is 2.36. The molecule has 1 aliphatic rings. The molecule has 2 N–H and O–H groups in total. The molecule has 0 bridgehead atoms. The summed E-state index contributed by atoms with van der Waals surface area (Å²) in [5.41, 5.74) is 5.04. The standard InChI is InChI=1S/C7H9N3O.ClH/c1-2-10(5-7(8)11)4-3-9-6-10;/h2-4,6H,1,5H2,(H-,8,11);1H. The quantitative estimate of drug-likeness (QED) is 0.469. The van der Waals surface area contributed by atoms with Gasteiger partial charge in [-0.1, -0.05) is 0 Å². The van der Waals surface area contributed by atoms with Crippen LogP contribution in [0.4, 0.5) is 0 Å². The molecule has 66 valence electrons. The molecule has 0 radical (unpaired) electrons. The van der Waals surface area contributed by atoms with Crippen molar-refractivity contribution < 1.29 is 21.7 Å². The van der Waals surface area contributed by atoms with E-state index in [0.717, 1.165) is 0 Å². The SMILES string of the molecule is C=C[N+]1(CC(N)=O)C=CN=C1.[Cl-]. The van der Waals surface area contributed by atoms with Crippen molar-refractivity contribution in [3.8, 4) is 0 Å². The van der Waals surface area contributed by atoms with Gasteiger partial charge in [0.05, 0.1) is 12.4 Å². The number of carbonyl (C=O) groups excluding carboxylic acids is 1. The lowest BCUT2D eigenvalue weighted by Gasteiger charge is -2.19. The lowest BCUT2D eigenvalue weighted by Crippen LogP contribution is -3.00. The van der Waals surface area contributed by atoms with Crippen molar-refractivity contribution in [2.24, 2.45) is 10.7 Å². The number of amides is 1. The minimum absolute atomic E-state index is 0. The fourth-order valence-corrected chi connectivity index (χ4v) is 0.900. The monoisotopic (exact) mass is 187 g/mol. The Morgan fingerprint density at radius 2 is 2.42 bits per heavy atom. The zero-order valence-corrected chi connectivity index (χ0v) is 7.24. The molecule has 0 spiro atoms. The zero-order valence-electron chi connectivity index (χ0n) is 6.48. The number of carbonyl (C=O) groups is 1. The number of quaternary nitrogens is 1. The summed E-state index contributed by atoms with van der Waals surface area (Å²) in [5, 5.41) is 0. The van der Waals surface area contributed by atoms with Crippen LogP contribution >= 0.6 is 0 Å². The van der Waals surface area contributed by atoms with E-state index in [1.807, 2.05) is 0 Å². The summed E-state index contributed by atoms with van der Waals surface area (Å²) < 4.78 is 0.218. The first kappa shape index (κ1) is 10.9. The molecule has 1 rings (SSSR count). The van der Waals surface area contributed by atoms with Crippen molar-refractivity contribution in [3.63, 3.8) is 0 Å². The van der Waals surface area contributed by atoms with Crippen LogP contribution in [0.2, 0.25) is 0 Å². The van der Waals surface area contributed by atoms with Crippen molar-refractivity contribution in [2.75, 3.05) is 6.54 Å². The van der Waals surface area contributed by atoms with Gasteiger partial charge in [-0.25, -0.2) is 9.48 Å². The number of nitrogens with zero attached hydrogens (tertiary/aromatic N) is 2. The maximum atomic E-state index is 10.6. The Morgan fingerprint density at radius 1 is 1.75 bits per heavy atom. The number of halogens is 1. The van der Waals surface area contributed by atoms with Gasteiger partial charge in [0.2, 0.25) is 0 Å². The van der Waals surface area contributed by atoms with E-state index in [1.54, 1.807) is 24.9 Å². The summed E-state index contributed by atoms with van der Waals surface area (Å²) in [6, 6.07) is 0. The number of primary amides is 1. The number of aliphatic imine (C=N–C) groups is 1. The van der Waals surface area contributed by atoms with E-state index in [0.29, 0.717) is 0 Å². The Morgan fingerprint density at radius 3 is 2.75 bits per heavy atom. The maximum Gasteiger partial charge on any atom is 0.273 e. The molecule has 12 heavy (non-hydrogen) atoms. The van der Waals surface area contributed by atoms with E-state index in [4.69, 9.17) is 5.73 Å². The fraction of sp³-hybridized carbons (Fsp3) is 0.143. The van der Waals surface area contributed by atoms with Gasteiger partial charge in [-0.05, 0) is 6.58 Å². The summed E-state index contributed by atoms with van der Waals surface area (Å²) in [5.74, 6) is -0.372. The Bertz CT molecular complexity index is 235. The van der Waals surface area contributed by atoms with Crippen LogP contribution in [0, 0.1) is 0 Å². The first-order chi connectivity index (χ1) is 5.18. The normalized spacial score (nSPS) is 25.0. The molecule has 0 aromatic carbocycles. The van der Waals surface area contributed by atoms with E-state index in [1.165, 1.54) is 0 Å². The highest BCUT2D eigenvalue weighted by Gasteiger charge is 2.24. The van der Waals surface area contributed by atoms with Crippen molar-refractivity contribution in [2.45, 2.75) is 0 Å². The van der Waals surface area contributed by atoms with Crippen LogP contribution in [0.1, 0.15) is 0 Å². The molecule has 0 aliphatic carbocycles. The smallest absolute Gasteiger partial charge is 0.273 e. The highest BCUT2D eigenvalue weighted by molar-refractivity contribution is 5.76. The molecule has 0 saturated carbocycles. The first-order valence-electron chi connectivity index (χ1n) is 3.20. The third-order valence-electron chi connectivity index (χ3n) is 1.48. The Labute approximate surface area is 77.1 Å². The van der Waals surface area contributed by atoms with Gasteiger partial charge >= 0.3 is 0 Å². The number of rotatable bonds is 3. The topological polar surface area (TPSA) is 55.5 Å². The van der Waals surface area contributed by atoms with Gasteiger partial charge in [0.1, 0.15) is 6.20 Å². The van der Waals surface area contributed by atoms with E-state index in [2.05, 4.69) is 11.6 Å². The Kier molecular flexibility index (Phi) is 3.66. The molecule has 0 fully saturated rings. The van der Waals surface area contributed by atoms with E-state index in [9.17, 15) is 4.79 Å². The summed E-state index contributed by atoms with van der Waals surface area (Å²) in [4.78, 5) is 14.4. The van der Waals surface area contributed by atoms with Crippen molar-refractivity contribution in [3.05, 3.63) is 25.2 Å². The molecule has 5 heteroatoms. The molecule has 1 atom stereocenters. The second-order valence-corrected chi connectivity index (χ2v) is 2.36. The molecule has 1 unspecified atom stereocenters. The van der Waals surface area contributed by atoms with Crippen LogP contribution in [0.5, 0.6) is 0 Å². The predicted octanol–water partition coefficient (Wildman–Crippen LogP) is -3.05. The number of hydrogen-bond acceptors (Lipinski definition) is 2. The van der Waals surface area contributed by atoms with Gasteiger partial charge in [-0.2, -0.15) is 0 Å². The van der Waals surface area contributed by atoms with Crippen LogP contribution in [-0.4, -0.2) is 23.3 Å². The van der Waals surface area contributed by atoms with Crippen LogP contribution in [0.15, 0.2) is 30.2 Å². The summed E-state index contributed by atoms with van der Waals surface area (Å²) in [6.07, 6.45) is 6.58. The zero-order chi connectivity index (χ0) is 8.32. The Balaban J connectivity index is 0.00000121. The lowest BCUT2D eigenvalue weighted by molar-refractivity contribution is -0.711. The second-order valence-electron chi connectivity index (χ2n) is 2.36. The van der Waals surface area contributed by atoms with Crippen molar-refractivity contribution >= 4 is 12.2 Å². The van der Waals surface area contributed by atoms with Crippen LogP contribution < -0.4 is 18.1 Å². The Hall–Kier alpha value is -1.13.